The first-order valence-corrected chi connectivity index (χ1v) is 7.53. The smallest absolute Gasteiger partial charge is 0.0411 e. The third-order valence-corrected chi connectivity index (χ3v) is 3.74. The predicted molar refractivity (Wildman–Crippen MR) is 89.9 cm³/mol. The Hall–Kier alpha value is -2.05. The number of rotatable bonds is 4. The van der Waals surface area contributed by atoms with Crippen molar-refractivity contribution in [3.05, 3.63) is 106 Å². The van der Waals surface area contributed by atoms with Crippen LogP contribution >= 0.6 is 11.6 Å². The average Bonchev–Trinajstić information content (AvgIpc) is 2.48. The second-order valence-electron chi connectivity index (χ2n) is 5.29. The molecule has 104 valence electrons. The van der Waals surface area contributed by atoms with E-state index in [9.17, 15) is 0 Å². The van der Waals surface area contributed by atoms with Gasteiger partial charge in [-0.1, -0.05) is 78.3 Å². The topological polar surface area (TPSA) is 0 Å². The van der Waals surface area contributed by atoms with Gasteiger partial charge in [-0.15, -0.1) is 0 Å². The van der Waals surface area contributed by atoms with Crippen molar-refractivity contribution in [3.8, 4) is 0 Å². The Bertz CT molecular complexity index is 643. The maximum Gasteiger partial charge on any atom is 0.0411 e. The molecule has 3 rings (SSSR count). The molecular formula is C20H17Cl. The van der Waals surface area contributed by atoms with Crippen LogP contribution in [-0.4, -0.2) is 0 Å². The normalized spacial score (nSPS) is 10.5. The molecule has 0 atom stereocenters. The molecule has 0 aromatic heterocycles. The molecule has 0 bridgehead atoms. The van der Waals surface area contributed by atoms with Crippen LogP contribution in [0.15, 0.2) is 78.9 Å². The van der Waals surface area contributed by atoms with Gasteiger partial charge in [0.1, 0.15) is 0 Å². The van der Waals surface area contributed by atoms with E-state index in [0.717, 1.165) is 17.9 Å². The summed E-state index contributed by atoms with van der Waals surface area (Å²) in [5.41, 5.74) is 5.15. The SMILES string of the molecule is Clc1cc(Cc2ccccc2)cc(Cc2ccccc2)c1. The predicted octanol–water partition coefficient (Wildman–Crippen LogP) is 5.52. The third kappa shape index (κ3) is 3.96. The molecule has 0 amide bonds. The van der Waals surface area contributed by atoms with Crippen LogP contribution in [0.5, 0.6) is 0 Å². The summed E-state index contributed by atoms with van der Waals surface area (Å²) in [6.07, 6.45) is 1.84. The summed E-state index contributed by atoms with van der Waals surface area (Å²) < 4.78 is 0. The van der Waals surface area contributed by atoms with Crippen LogP contribution in [0.25, 0.3) is 0 Å². The van der Waals surface area contributed by atoms with Crippen molar-refractivity contribution < 1.29 is 0 Å². The van der Waals surface area contributed by atoms with E-state index in [2.05, 4.69) is 66.7 Å². The van der Waals surface area contributed by atoms with Crippen LogP contribution in [0.2, 0.25) is 5.02 Å². The molecule has 0 N–H and O–H groups in total. The second-order valence-corrected chi connectivity index (χ2v) is 5.73. The monoisotopic (exact) mass is 292 g/mol. The lowest BCUT2D eigenvalue weighted by molar-refractivity contribution is 1.14. The molecule has 0 nitrogen and oxygen atoms in total. The first-order valence-electron chi connectivity index (χ1n) is 7.16. The minimum Gasteiger partial charge on any atom is -0.0843 e. The summed E-state index contributed by atoms with van der Waals surface area (Å²) in [4.78, 5) is 0. The van der Waals surface area contributed by atoms with Crippen LogP contribution in [0.3, 0.4) is 0 Å². The standard InChI is InChI=1S/C20H17Cl/c21-20-14-18(11-16-7-3-1-4-8-16)13-19(15-20)12-17-9-5-2-6-10-17/h1-10,13-15H,11-12H2. The van der Waals surface area contributed by atoms with Gasteiger partial charge in [0.25, 0.3) is 0 Å². The van der Waals surface area contributed by atoms with Gasteiger partial charge in [-0.3, -0.25) is 0 Å². The summed E-state index contributed by atoms with van der Waals surface area (Å²) in [7, 11) is 0. The van der Waals surface area contributed by atoms with Crippen LogP contribution in [0, 0.1) is 0 Å². The maximum absolute atomic E-state index is 6.28. The van der Waals surface area contributed by atoms with Gasteiger partial charge < -0.3 is 0 Å². The molecule has 3 aromatic carbocycles. The van der Waals surface area contributed by atoms with Crippen molar-refractivity contribution in [1.29, 1.82) is 0 Å². The zero-order chi connectivity index (χ0) is 14.5. The maximum atomic E-state index is 6.28. The van der Waals surface area contributed by atoms with E-state index in [0.29, 0.717) is 0 Å². The van der Waals surface area contributed by atoms with E-state index >= 15 is 0 Å². The molecular weight excluding hydrogens is 276 g/mol. The highest BCUT2D eigenvalue weighted by atomic mass is 35.5. The average molecular weight is 293 g/mol. The van der Waals surface area contributed by atoms with Crippen LogP contribution in [0.1, 0.15) is 22.3 Å². The lowest BCUT2D eigenvalue weighted by atomic mass is 9.99. The Morgan fingerprint density at radius 2 is 0.952 bits per heavy atom. The van der Waals surface area contributed by atoms with Gasteiger partial charge in [-0.2, -0.15) is 0 Å². The number of hydrogen-bond donors (Lipinski definition) is 0. The Balaban J connectivity index is 1.83. The van der Waals surface area contributed by atoms with Gasteiger partial charge >= 0.3 is 0 Å². The van der Waals surface area contributed by atoms with Crippen molar-refractivity contribution in [2.24, 2.45) is 0 Å². The summed E-state index contributed by atoms with van der Waals surface area (Å²) >= 11 is 6.28. The van der Waals surface area contributed by atoms with Crippen LogP contribution in [0.4, 0.5) is 0 Å². The highest BCUT2D eigenvalue weighted by molar-refractivity contribution is 6.30. The first kappa shape index (κ1) is 13.9. The molecule has 0 aliphatic heterocycles. The fraction of sp³-hybridized carbons (Fsp3) is 0.100. The minimum atomic E-state index is 0.814. The van der Waals surface area contributed by atoms with E-state index in [4.69, 9.17) is 11.6 Å². The molecule has 0 aliphatic carbocycles. The molecule has 21 heavy (non-hydrogen) atoms. The zero-order valence-corrected chi connectivity index (χ0v) is 12.6. The number of halogens is 1. The zero-order valence-electron chi connectivity index (χ0n) is 11.8. The van der Waals surface area contributed by atoms with Gasteiger partial charge in [-0.25, -0.2) is 0 Å². The molecule has 0 saturated carbocycles. The Labute approximate surface area is 131 Å². The Morgan fingerprint density at radius 3 is 1.38 bits per heavy atom. The van der Waals surface area contributed by atoms with E-state index in [-0.39, 0.29) is 0 Å². The fourth-order valence-corrected chi connectivity index (χ4v) is 2.86. The summed E-state index contributed by atoms with van der Waals surface area (Å²) in [6.45, 7) is 0. The van der Waals surface area contributed by atoms with Gasteiger partial charge in [0.05, 0.1) is 0 Å². The molecule has 0 radical (unpaired) electrons. The molecule has 0 spiro atoms. The van der Waals surface area contributed by atoms with E-state index < -0.39 is 0 Å². The number of hydrogen-bond acceptors (Lipinski definition) is 0. The van der Waals surface area contributed by atoms with Crippen LogP contribution < -0.4 is 0 Å². The van der Waals surface area contributed by atoms with Crippen molar-refractivity contribution in [2.75, 3.05) is 0 Å². The molecule has 0 unspecified atom stereocenters. The molecule has 3 aromatic rings. The summed E-state index contributed by atoms with van der Waals surface area (Å²) in [5.74, 6) is 0. The molecule has 0 saturated heterocycles. The van der Waals surface area contributed by atoms with E-state index in [1.54, 1.807) is 0 Å². The van der Waals surface area contributed by atoms with Gasteiger partial charge in [0.15, 0.2) is 0 Å². The number of benzene rings is 3. The van der Waals surface area contributed by atoms with Crippen molar-refractivity contribution in [1.82, 2.24) is 0 Å². The molecule has 1 heteroatoms. The van der Waals surface area contributed by atoms with E-state index in [1.165, 1.54) is 22.3 Å². The van der Waals surface area contributed by atoms with E-state index in [1.807, 2.05) is 12.1 Å². The highest BCUT2D eigenvalue weighted by Gasteiger charge is 2.03. The highest BCUT2D eigenvalue weighted by Crippen LogP contribution is 2.20. The lowest BCUT2D eigenvalue weighted by Gasteiger charge is -2.08. The quantitative estimate of drug-likeness (QED) is 0.594. The summed E-state index contributed by atoms with van der Waals surface area (Å²) in [6, 6.07) is 27.4. The largest absolute Gasteiger partial charge is 0.0843 e. The second kappa shape index (κ2) is 6.60. The summed E-state index contributed by atoms with van der Waals surface area (Å²) in [5, 5.41) is 0.814. The van der Waals surface area contributed by atoms with Crippen molar-refractivity contribution in [2.45, 2.75) is 12.8 Å². The fourth-order valence-electron chi connectivity index (χ4n) is 2.58. The molecule has 0 fully saturated rings. The lowest BCUT2D eigenvalue weighted by Crippen LogP contribution is -1.93. The first-order chi connectivity index (χ1) is 10.3. The molecule has 0 heterocycles. The Morgan fingerprint density at radius 1 is 0.524 bits per heavy atom. The minimum absolute atomic E-state index is 0.814. The van der Waals surface area contributed by atoms with Gasteiger partial charge in [0.2, 0.25) is 0 Å². The van der Waals surface area contributed by atoms with Crippen LogP contribution in [-0.2, 0) is 12.8 Å². The van der Waals surface area contributed by atoms with Gasteiger partial charge in [0, 0.05) is 5.02 Å². The van der Waals surface area contributed by atoms with Crippen molar-refractivity contribution in [3.63, 3.8) is 0 Å². The van der Waals surface area contributed by atoms with Crippen molar-refractivity contribution >= 4 is 11.6 Å². The third-order valence-electron chi connectivity index (χ3n) is 3.52. The Kier molecular flexibility index (Phi) is 4.37. The molecule has 0 aliphatic rings. The van der Waals surface area contributed by atoms with Gasteiger partial charge in [-0.05, 0) is 47.2 Å².